The molecule has 0 unspecified atom stereocenters. The lowest BCUT2D eigenvalue weighted by Crippen LogP contribution is -2.16. The standard InChI is InChI=1S/C12H10N4O2S.BrH/c1-7-9(4-8(5-13)11(18)16-7)10(17)6-19-12-14-2-3-15-12;/h2-4H,6H2,1H3,(H,14,15)(H,16,18);1H. The third-order valence-corrected chi connectivity index (χ3v) is 3.38. The summed E-state index contributed by atoms with van der Waals surface area (Å²) in [6.45, 7) is 1.63. The van der Waals surface area contributed by atoms with Crippen LogP contribution in [0.5, 0.6) is 0 Å². The molecule has 2 heterocycles. The van der Waals surface area contributed by atoms with Gasteiger partial charge in [-0.25, -0.2) is 4.98 Å². The van der Waals surface area contributed by atoms with Gasteiger partial charge in [0, 0.05) is 23.7 Å². The molecule has 0 aliphatic heterocycles. The molecule has 0 radical (unpaired) electrons. The first kappa shape index (κ1) is 16.2. The summed E-state index contributed by atoms with van der Waals surface area (Å²) in [4.78, 5) is 32.8. The smallest absolute Gasteiger partial charge is 0.266 e. The van der Waals surface area contributed by atoms with Gasteiger partial charge in [-0.15, -0.1) is 17.0 Å². The molecule has 0 aromatic carbocycles. The minimum Gasteiger partial charge on any atom is -0.340 e. The third-order valence-electron chi connectivity index (χ3n) is 2.47. The highest BCUT2D eigenvalue weighted by Crippen LogP contribution is 2.15. The van der Waals surface area contributed by atoms with E-state index in [9.17, 15) is 9.59 Å². The molecule has 2 aromatic heterocycles. The average molecular weight is 355 g/mol. The number of thioether (sulfide) groups is 1. The van der Waals surface area contributed by atoms with Crippen molar-refractivity contribution in [1.29, 1.82) is 5.26 Å². The van der Waals surface area contributed by atoms with Gasteiger partial charge in [0.15, 0.2) is 10.9 Å². The zero-order valence-electron chi connectivity index (χ0n) is 10.5. The number of hydrogen-bond donors (Lipinski definition) is 2. The summed E-state index contributed by atoms with van der Waals surface area (Å²) in [6.07, 6.45) is 3.28. The number of carbonyl (C=O) groups is 1. The summed E-state index contributed by atoms with van der Waals surface area (Å²) in [6, 6.07) is 3.10. The lowest BCUT2D eigenvalue weighted by molar-refractivity contribution is 0.102. The number of nitrogens with one attached hydrogen (secondary N) is 2. The Labute approximate surface area is 129 Å². The minimum absolute atomic E-state index is 0. The maximum atomic E-state index is 12.0. The van der Waals surface area contributed by atoms with E-state index >= 15 is 0 Å². The van der Waals surface area contributed by atoms with Crippen LogP contribution < -0.4 is 5.56 Å². The van der Waals surface area contributed by atoms with E-state index in [2.05, 4.69) is 15.0 Å². The summed E-state index contributed by atoms with van der Waals surface area (Å²) < 4.78 is 0. The predicted molar refractivity (Wildman–Crippen MR) is 80.5 cm³/mol. The van der Waals surface area contributed by atoms with Gasteiger partial charge in [0.2, 0.25) is 0 Å². The van der Waals surface area contributed by atoms with Crippen LogP contribution in [0, 0.1) is 18.3 Å². The number of nitriles is 1. The Morgan fingerprint density at radius 1 is 1.55 bits per heavy atom. The highest BCUT2D eigenvalue weighted by atomic mass is 79.9. The molecule has 0 bridgehead atoms. The second-order valence-electron chi connectivity index (χ2n) is 3.77. The van der Waals surface area contributed by atoms with Gasteiger partial charge in [-0.3, -0.25) is 9.59 Å². The molecule has 0 amide bonds. The van der Waals surface area contributed by atoms with E-state index in [1.165, 1.54) is 17.8 Å². The fraction of sp³-hybridized carbons (Fsp3) is 0.167. The van der Waals surface area contributed by atoms with Crippen LogP contribution in [0.4, 0.5) is 0 Å². The van der Waals surface area contributed by atoms with E-state index in [-0.39, 0.29) is 34.1 Å². The van der Waals surface area contributed by atoms with Crippen LogP contribution in [0.2, 0.25) is 0 Å². The normalized spacial score (nSPS) is 9.60. The van der Waals surface area contributed by atoms with Gasteiger partial charge in [0.05, 0.1) is 5.75 Å². The summed E-state index contributed by atoms with van der Waals surface area (Å²) in [7, 11) is 0. The Morgan fingerprint density at radius 3 is 2.90 bits per heavy atom. The maximum absolute atomic E-state index is 12.0. The first-order chi connectivity index (χ1) is 9.11. The molecule has 0 aliphatic rings. The lowest BCUT2D eigenvalue weighted by atomic mass is 10.1. The highest BCUT2D eigenvalue weighted by molar-refractivity contribution is 8.93. The molecular weight excluding hydrogens is 344 g/mol. The van der Waals surface area contributed by atoms with Crippen LogP contribution in [0.15, 0.2) is 28.4 Å². The van der Waals surface area contributed by atoms with Crippen LogP contribution in [0.25, 0.3) is 0 Å². The Morgan fingerprint density at radius 2 is 2.30 bits per heavy atom. The molecule has 0 aliphatic carbocycles. The molecule has 20 heavy (non-hydrogen) atoms. The van der Waals surface area contributed by atoms with E-state index < -0.39 is 5.56 Å². The molecule has 0 fully saturated rings. The van der Waals surface area contributed by atoms with Gasteiger partial charge in [-0.2, -0.15) is 5.26 Å². The van der Waals surface area contributed by atoms with Crippen LogP contribution in [-0.2, 0) is 0 Å². The summed E-state index contributed by atoms with van der Waals surface area (Å²) in [5, 5.41) is 9.44. The van der Waals surface area contributed by atoms with Gasteiger partial charge in [-0.1, -0.05) is 11.8 Å². The van der Waals surface area contributed by atoms with Gasteiger partial charge >= 0.3 is 0 Å². The molecule has 8 heteroatoms. The highest BCUT2D eigenvalue weighted by Gasteiger charge is 2.13. The number of ketones is 1. The van der Waals surface area contributed by atoms with Crippen molar-refractivity contribution in [3.8, 4) is 6.07 Å². The van der Waals surface area contributed by atoms with Gasteiger partial charge in [0.25, 0.3) is 5.56 Å². The van der Waals surface area contributed by atoms with E-state index in [4.69, 9.17) is 5.26 Å². The van der Waals surface area contributed by atoms with Crippen LogP contribution >= 0.6 is 28.7 Å². The Balaban J connectivity index is 0.00000200. The van der Waals surface area contributed by atoms with Crippen molar-refractivity contribution >= 4 is 34.5 Å². The number of aromatic amines is 2. The molecule has 2 aromatic rings. The Kier molecular flexibility index (Phi) is 5.73. The molecule has 6 nitrogen and oxygen atoms in total. The van der Waals surface area contributed by atoms with Crippen molar-refractivity contribution in [2.45, 2.75) is 12.1 Å². The number of aromatic nitrogens is 3. The molecule has 0 saturated carbocycles. The molecular formula is C12H11BrN4O2S. The number of pyridine rings is 1. The predicted octanol–water partition coefficient (Wildman–Crippen LogP) is 1.83. The number of carbonyl (C=O) groups excluding carboxylic acids is 1. The SMILES string of the molecule is Br.Cc1[nH]c(=O)c(C#N)cc1C(=O)CSc1ncc[nH]1. The fourth-order valence-corrected chi connectivity index (χ4v) is 2.25. The monoisotopic (exact) mass is 354 g/mol. The van der Waals surface area contributed by atoms with Crippen molar-refractivity contribution in [1.82, 2.24) is 15.0 Å². The van der Waals surface area contributed by atoms with E-state index in [1.54, 1.807) is 25.4 Å². The summed E-state index contributed by atoms with van der Waals surface area (Å²) >= 11 is 1.27. The minimum atomic E-state index is -0.477. The molecule has 0 atom stereocenters. The zero-order valence-corrected chi connectivity index (χ0v) is 13.0. The molecule has 2 N–H and O–H groups in total. The van der Waals surface area contributed by atoms with Gasteiger partial charge < -0.3 is 9.97 Å². The summed E-state index contributed by atoms with van der Waals surface area (Å²) in [5.74, 6) is 0.0253. The zero-order chi connectivity index (χ0) is 13.8. The number of nitrogens with zero attached hydrogens (tertiary/aromatic N) is 2. The molecule has 0 saturated heterocycles. The van der Waals surface area contributed by atoms with E-state index in [0.29, 0.717) is 16.4 Å². The van der Waals surface area contributed by atoms with Crippen molar-refractivity contribution < 1.29 is 4.79 Å². The first-order valence-electron chi connectivity index (χ1n) is 5.41. The molecule has 104 valence electrons. The number of H-pyrrole nitrogens is 2. The van der Waals surface area contributed by atoms with Gasteiger partial charge in [-0.05, 0) is 13.0 Å². The number of Topliss-reactive ketones (excluding diaryl/α,β-unsaturated/α-hetero) is 1. The second kappa shape index (κ2) is 7.07. The molecule has 0 spiro atoms. The van der Waals surface area contributed by atoms with Gasteiger partial charge in [0.1, 0.15) is 11.6 Å². The van der Waals surface area contributed by atoms with Crippen LogP contribution in [0.1, 0.15) is 21.6 Å². The quantitative estimate of drug-likeness (QED) is 0.643. The van der Waals surface area contributed by atoms with E-state index in [1.807, 2.05) is 0 Å². The lowest BCUT2D eigenvalue weighted by Gasteiger charge is -2.04. The average Bonchev–Trinajstić information content (AvgIpc) is 2.89. The Bertz CT molecular complexity index is 703. The topological polar surface area (TPSA) is 102 Å². The van der Waals surface area contributed by atoms with Crippen molar-refractivity contribution in [2.75, 3.05) is 5.75 Å². The third kappa shape index (κ3) is 3.59. The number of imidazole rings is 1. The maximum Gasteiger partial charge on any atom is 0.266 e. The number of aryl methyl sites for hydroxylation is 1. The molecule has 2 rings (SSSR count). The van der Waals surface area contributed by atoms with Crippen molar-refractivity contribution in [3.05, 3.63) is 45.6 Å². The number of halogens is 1. The first-order valence-corrected chi connectivity index (χ1v) is 6.39. The Hall–Kier alpha value is -1.85. The van der Waals surface area contributed by atoms with Crippen molar-refractivity contribution in [2.24, 2.45) is 0 Å². The number of hydrogen-bond acceptors (Lipinski definition) is 5. The van der Waals surface area contributed by atoms with E-state index in [0.717, 1.165) is 0 Å². The van der Waals surface area contributed by atoms with Crippen molar-refractivity contribution in [3.63, 3.8) is 0 Å². The number of rotatable bonds is 4. The fourth-order valence-electron chi connectivity index (χ4n) is 1.54. The van der Waals surface area contributed by atoms with Crippen LogP contribution in [-0.4, -0.2) is 26.5 Å². The van der Waals surface area contributed by atoms with Crippen LogP contribution in [0.3, 0.4) is 0 Å². The summed E-state index contributed by atoms with van der Waals surface area (Å²) in [5.41, 5.74) is 0.288. The largest absolute Gasteiger partial charge is 0.340 e. The second-order valence-corrected chi connectivity index (χ2v) is 4.73.